The summed E-state index contributed by atoms with van der Waals surface area (Å²) in [5, 5.41) is 9.31. The molecule has 6 rings (SSSR count). The van der Waals surface area contributed by atoms with Gasteiger partial charge in [-0.05, 0) is 50.9 Å². The van der Waals surface area contributed by atoms with Gasteiger partial charge in [0, 0.05) is 74.3 Å². The first-order valence-corrected chi connectivity index (χ1v) is 13.8. The topological polar surface area (TPSA) is 88.4 Å². The quantitative estimate of drug-likeness (QED) is 0.397. The van der Waals surface area contributed by atoms with E-state index < -0.39 is 0 Å². The van der Waals surface area contributed by atoms with Crippen LogP contribution in [-0.2, 0) is 0 Å². The van der Waals surface area contributed by atoms with Crippen molar-refractivity contribution >= 4 is 22.6 Å². The maximum absolute atomic E-state index is 13.0. The van der Waals surface area contributed by atoms with Crippen molar-refractivity contribution in [2.45, 2.75) is 37.8 Å². The Bertz CT molecular complexity index is 1420. The molecule has 4 heterocycles. The molecule has 1 amide bonds. The molecule has 202 valence electrons. The summed E-state index contributed by atoms with van der Waals surface area (Å²) in [6.45, 7) is 3.35. The number of benzene rings is 1. The van der Waals surface area contributed by atoms with Crippen molar-refractivity contribution in [3.05, 3.63) is 66.5 Å². The molecule has 3 aromatic heterocycles. The van der Waals surface area contributed by atoms with Crippen molar-refractivity contribution in [1.29, 1.82) is 0 Å². The van der Waals surface area contributed by atoms with Gasteiger partial charge in [0.1, 0.15) is 17.6 Å². The Labute approximate surface area is 228 Å². The molecule has 2 fully saturated rings. The molecular weight excluding hydrogens is 490 g/mol. The second-order valence-corrected chi connectivity index (χ2v) is 10.5. The molecule has 0 atom stereocenters. The first-order chi connectivity index (χ1) is 19.1. The molecule has 4 aromatic rings. The third-order valence-corrected chi connectivity index (χ3v) is 7.96. The Balaban J connectivity index is 1.23. The first-order valence-electron chi connectivity index (χ1n) is 13.8. The summed E-state index contributed by atoms with van der Waals surface area (Å²) >= 11 is 0. The molecule has 1 aliphatic heterocycles. The monoisotopic (exact) mass is 525 g/mol. The van der Waals surface area contributed by atoms with Gasteiger partial charge >= 0.3 is 0 Å². The summed E-state index contributed by atoms with van der Waals surface area (Å²) in [6.07, 6.45) is 7.68. The van der Waals surface area contributed by atoms with Gasteiger partial charge in [-0.1, -0.05) is 18.2 Å². The summed E-state index contributed by atoms with van der Waals surface area (Å²) in [7, 11) is 3.97. The Hall–Kier alpha value is -3.98. The van der Waals surface area contributed by atoms with Crippen molar-refractivity contribution in [1.82, 2.24) is 29.5 Å². The van der Waals surface area contributed by atoms with Gasteiger partial charge < -0.3 is 19.9 Å². The fourth-order valence-electron chi connectivity index (χ4n) is 5.62. The van der Waals surface area contributed by atoms with E-state index in [1.165, 1.54) is 0 Å². The number of aromatic nitrogens is 4. The molecule has 9 nitrogen and oxygen atoms in total. The molecule has 9 heteroatoms. The van der Waals surface area contributed by atoms with Crippen LogP contribution in [0.25, 0.3) is 22.2 Å². The van der Waals surface area contributed by atoms with Crippen LogP contribution >= 0.6 is 0 Å². The van der Waals surface area contributed by atoms with E-state index in [1.807, 2.05) is 60.6 Å². The molecule has 0 bridgehead atoms. The Morgan fingerprint density at radius 3 is 2.44 bits per heavy atom. The SMILES string of the molecule is CNc1cc2c(cn1)c(-c1ccc(C(=O)N3CCN(C)CC3)cc1)nn2[C@H]1CC[C@H](Oc2ccccn2)CC1. The number of anilines is 1. The number of hydrogen-bond acceptors (Lipinski definition) is 7. The van der Waals surface area contributed by atoms with Gasteiger partial charge in [0.2, 0.25) is 5.88 Å². The molecule has 1 aliphatic carbocycles. The lowest BCUT2D eigenvalue weighted by atomic mass is 9.93. The summed E-state index contributed by atoms with van der Waals surface area (Å²) < 4.78 is 8.30. The highest BCUT2D eigenvalue weighted by molar-refractivity contribution is 5.97. The van der Waals surface area contributed by atoms with Crippen molar-refractivity contribution in [3.63, 3.8) is 0 Å². The number of pyridine rings is 2. The largest absolute Gasteiger partial charge is 0.474 e. The lowest BCUT2D eigenvalue weighted by molar-refractivity contribution is 0.0664. The summed E-state index contributed by atoms with van der Waals surface area (Å²) in [6, 6.07) is 16.0. The number of carbonyl (C=O) groups excluding carboxylic acids is 1. The lowest BCUT2D eigenvalue weighted by Crippen LogP contribution is -2.47. The van der Waals surface area contributed by atoms with Crippen molar-refractivity contribution in [3.8, 4) is 17.1 Å². The minimum atomic E-state index is 0.0926. The summed E-state index contributed by atoms with van der Waals surface area (Å²) in [5.74, 6) is 1.60. The van der Waals surface area contributed by atoms with E-state index in [1.54, 1.807) is 6.20 Å². The van der Waals surface area contributed by atoms with Crippen LogP contribution < -0.4 is 10.1 Å². The minimum absolute atomic E-state index is 0.0926. The van der Waals surface area contributed by atoms with Crippen molar-refractivity contribution in [2.24, 2.45) is 0 Å². The Morgan fingerprint density at radius 1 is 0.974 bits per heavy atom. The van der Waals surface area contributed by atoms with Crippen LogP contribution in [0.4, 0.5) is 5.82 Å². The number of amides is 1. The molecule has 0 unspecified atom stereocenters. The van der Waals surface area contributed by atoms with E-state index in [-0.39, 0.29) is 18.1 Å². The fourth-order valence-corrected chi connectivity index (χ4v) is 5.62. The maximum Gasteiger partial charge on any atom is 0.253 e. The molecule has 1 aromatic carbocycles. The zero-order valence-electron chi connectivity index (χ0n) is 22.6. The molecular formula is C30H35N7O2. The van der Waals surface area contributed by atoms with Gasteiger partial charge in [0.25, 0.3) is 5.91 Å². The highest BCUT2D eigenvalue weighted by Crippen LogP contribution is 2.36. The Morgan fingerprint density at radius 2 is 1.74 bits per heavy atom. The van der Waals surface area contributed by atoms with Gasteiger partial charge in [-0.15, -0.1) is 0 Å². The number of likely N-dealkylation sites (N-methyl/N-ethyl adjacent to an activating group) is 1. The predicted octanol–water partition coefficient (Wildman–Crippen LogP) is 4.49. The number of ether oxygens (including phenoxy) is 1. The minimum Gasteiger partial charge on any atom is -0.474 e. The van der Waals surface area contributed by atoms with Gasteiger partial charge in [0.15, 0.2) is 0 Å². The van der Waals surface area contributed by atoms with Gasteiger partial charge in [-0.3, -0.25) is 9.48 Å². The second-order valence-electron chi connectivity index (χ2n) is 10.5. The standard InChI is InChI=1S/C30H35N7O2/c1-31-27-19-26-25(20-33-27)29(21-6-8-22(9-7-21)30(38)36-17-15-35(2)16-18-36)34-37(26)23-10-12-24(13-11-23)39-28-5-3-4-14-32-28/h3-9,14,19-20,23-24H,10-13,15-18H2,1-2H3,(H,31,33)/t23-,24-. The van der Waals surface area contributed by atoms with E-state index in [2.05, 4.69) is 38.0 Å². The number of hydrogen-bond donors (Lipinski definition) is 1. The van der Waals surface area contributed by atoms with Crippen molar-refractivity contribution < 1.29 is 9.53 Å². The predicted molar refractivity (Wildman–Crippen MR) is 152 cm³/mol. The molecule has 0 radical (unpaired) electrons. The smallest absolute Gasteiger partial charge is 0.253 e. The van der Waals surface area contributed by atoms with E-state index in [0.717, 1.165) is 79.8 Å². The number of fused-ring (bicyclic) bond motifs is 1. The molecule has 1 saturated carbocycles. The fraction of sp³-hybridized carbons (Fsp3) is 0.400. The van der Waals surface area contributed by atoms with Crippen LogP contribution in [0.3, 0.4) is 0 Å². The third kappa shape index (κ3) is 5.31. The third-order valence-electron chi connectivity index (χ3n) is 7.96. The van der Waals surface area contributed by atoms with Gasteiger partial charge in [-0.2, -0.15) is 5.10 Å². The van der Waals surface area contributed by atoms with Crippen molar-refractivity contribution in [2.75, 3.05) is 45.6 Å². The number of rotatable bonds is 6. The second kappa shape index (κ2) is 11.0. The van der Waals surface area contributed by atoms with Crippen LogP contribution in [0.2, 0.25) is 0 Å². The average Bonchev–Trinajstić information content (AvgIpc) is 3.37. The molecule has 1 N–H and O–H groups in total. The van der Waals surface area contributed by atoms with Gasteiger partial charge in [-0.25, -0.2) is 9.97 Å². The van der Waals surface area contributed by atoms with E-state index in [0.29, 0.717) is 11.4 Å². The number of nitrogens with zero attached hydrogens (tertiary/aromatic N) is 6. The Kier molecular flexibility index (Phi) is 7.15. The zero-order chi connectivity index (χ0) is 26.8. The van der Waals surface area contributed by atoms with Gasteiger partial charge in [0.05, 0.1) is 11.6 Å². The molecule has 0 spiro atoms. The van der Waals surface area contributed by atoms with E-state index in [4.69, 9.17) is 9.84 Å². The molecule has 2 aliphatic rings. The van der Waals surface area contributed by atoms with E-state index in [9.17, 15) is 4.79 Å². The number of piperazine rings is 1. The average molecular weight is 526 g/mol. The molecule has 39 heavy (non-hydrogen) atoms. The normalized spacial score (nSPS) is 20.2. The van der Waals surface area contributed by atoms with Crippen LogP contribution in [0.15, 0.2) is 60.9 Å². The van der Waals surface area contributed by atoms with Crippen LogP contribution in [0, 0.1) is 0 Å². The first kappa shape index (κ1) is 25.3. The highest BCUT2D eigenvalue weighted by atomic mass is 16.5. The van der Waals surface area contributed by atoms with Crippen LogP contribution in [0.1, 0.15) is 42.1 Å². The lowest BCUT2D eigenvalue weighted by Gasteiger charge is -2.32. The molecule has 1 saturated heterocycles. The van der Waals surface area contributed by atoms with Crippen LogP contribution in [-0.4, -0.2) is 81.8 Å². The van der Waals surface area contributed by atoms with E-state index >= 15 is 0 Å². The number of nitrogens with one attached hydrogen (secondary N) is 1. The summed E-state index contributed by atoms with van der Waals surface area (Å²) in [4.78, 5) is 26.1. The highest BCUT2D eigenvalue weighted by Gasteiger charge is 2.27. The zero-order valence-corrected chi connectivity index (χ0v) is 22.6. The number of carbonyl (C=O) groups is 1. The summed E-state index contributed by atoms with van der Waals surface area (Å²) in [5.41, 5.74) is 3.66. The van der Waals surface area contributed by atoms with Crippen LogP contribution in [0.5, 0.6) is 5.88 Å². The maximum atomic E-state index is 13.0.